The van der Waals surface area contributed by atoms with Gasteiger partial charge >= 0.3 is 0 Å². The Morgan fingerprint density at radius 2 is 1.49 bits per heavy atom. The van der Waals surface area contributed by atoms with E-state index in [9.17, 15) is 8.42 Å². The predicted molar refractivity (Wildman–Crippen MR) is 145 cm³/mol. The summed E-state index contributed by atoms with van der Waals surface area (Å²) in [5.41, 5.74) is 2.86. The Labute approximate surface area is 216 Å². The topological polar surface area (TPSA) is 61.8 Å². The van der Waals surface area contributed by atoms with E-state index in [2.05, 4.69) is 49.4 Å². The molecule has 0 radical (unpaired) electrons. The molecule has 2 aromatic rings. The number of ether oxygens (including phenoxy) is 2. The molecule has 2 aromatic carbocycles. The molecule has 0 fully saturated rings. The minimum Gasteiger partial charge on any atom is -0.497 e. The van der Waals surface area contributed by atoms with Gasteiger partial charge in [0.25, 0.3) is 10.1 Å². The average Bonchev–Trinajstić information content (AvgIpc) is 2.85. The first-order chi connectivity index (χ1) is 16.8. The molecule has 1 aliphatic rings. The third kappa shape index (κ3) is 7.89. The van der Waals surface area contributed by atoms with Gasteiger partial charge in [0, 0.05) is 16.1 Å². The second-order valence-corrected chi connectivity index (χ2v) is 12.3. The summed E-state index contributed by atoms with van der Waals surface area (Å²) < 4.78 is 37.7. The van der Waals surface area contributed by atoms with Crippen LogP contribution in [0.4, 0.5) is 0 Å². The summed E-state index contributed by atoms with van der Waals surface area (Å²) in [6, 6.07) is 15.2. The summed E-state index contributed by atoms with van der Waals surface area (Å²) in [6.07, 6.45) is 10.0. The maximum atomic E-state index is 11.0. The lowest BCUT2D eigenvalue weighted by molar-refractivity contribution is 0.309. The molecular weight excluding hydrogens is 480 g/mol. The second-order valence-electron chi connectivity index (χ2n) is 9.68. The van der Waals surface area contributed by atoms with Gasteiger partial charge in [0.15, 0.2) is 0 Å². The molecule has 0 bridgehead atoms. The van der Waals surface area contributed by atoms with Crippen molar-refractivity contribution in [1.82, 2.24) is 0 Å². The zero-order valence-electron chi connectivity index (χ0n) is 21.5. The Hall–Kier alpha value is -1.70. The van der Waals surface area contributed by atoms with Gasteiger partial charge in [-0.05, 0) is 54.2 Å². The molecule has 194 valence electrons. The molecule has 0 amide bonds. The van der Waals surface area contributed by atoms with Crippen LogP contribution >= 0.6 is 11.8 Å². The number of thioether (sulfide) groups is 1. The van der Waals surface area contributed by atoms with E-state index < -0.39 is 10.1 Å². The van der Waals surface area contributed by atoms with Gasteiger partial charge in [-0.2, -0.15) is 8.42 Å². The van der Waals surface area contributed by atoms with Crippen molar-refractivity contribution >= 4 is 21.9 Å². The Bertz CT molecular complexity index is 1040. The van der Waals surface area contributed by atoms with E-state index in [1.54, 1.807) is 14.2 Å². The largest absolute Gasteiger partial charge is 0.497 e. The van der Waals surface area contributed by atoms with Gasteiger partial charge in [0.2, 0.25) is 0 Å². The van der Waals surface area contributed by atoms with Crippen molar-refractivity contribution in [3.05, 3.63) is 53.6 Å². The van der Waals surface area contributed by atoms with Gasteiger partial charge in [-0.25, -0.2) is 0 Å². The molecule has 2 atom stereocenters. The standard InChI is InChI=1S/C28H40O5S2/c1-28(22-13-15-23(31-2)16-14-22)21-34-27-20-24(32-3)17-18-25(27)26(28)12-10-8-6-5-7-9-11-19-33-35(4,29)30/h13-18,20,26H,5-12,19,21H2,1-4H3. The van der Waals surface area contributed by atoms with Crippen LogP contribution in [-0.4, -0.2) is 41.3 Å². The Morgan fingerprint density at radius 3 is 2.11 bits per heavy atom. The summed E-state index contributed by atoms with van der Waals surface area (Å²) in [7, 11) is 0.127. The lowest BCUT2D eigenvalue weighted by Gasteiger charge is -2.43. The lowest BCUT2D eigenvalue weighted by atomic mass is 9.68. The first-order valence-corrected chi connectivity index (χ1v) is 15.4. The van der Waals surface area contributed by atoms with Gasteiger partial charge in [-0.1, -0.05) is 63.6 Å². The molecule has 0 saturated carbocycles. The molecule has 5 nitrogen and oxygen atoms in total. The van der Waals surface area contributed by atoms with E-state index in [0.717, 1.165) is 49.2 Å². The van der Waals surface area contributed by atoms with Crippen LogP contribution in [0.2, 0.25) is 0 Å². The Morgan fingerprint density at radius 1 is 0.886 bits per heavy atom. The number of methoxy groups -OCH3 is 2. The first kappa shape index (κ1) is 27.9. The molecule has 0 aliphatic carbocycles. The molecule has 0 saturated heterocycles. The number of benzene rings is 2. The summed E-state index contributed by atoms with van der Waals surface area (Å²) in [4.78, 5) is 1.34. The van der Waals surface area contributed by atoms with Crippen LogP contribution in [-0.2, 0) is 19.7 Å². The van der Waals surface area contributed by atoms with Crippen LogP contribution in [0.25, 0.3) is 0 Å². The van der Waals surface area contributed by atoms with Gasteiger partial charge in [-0.3, -0.25) is 4.18 Å². The number of hydrogen-bond donors (Lipinski definition) is 0. The van der Waals surface area contributed by atoms with E-state index >= 15 is 0 Å². The summed E-state index contributed by atoms with van der Waals surface area (Å²) in [5, 5.41) is 0. The number of hydrogen-bond acceptors (Lipinski definition) is 6. The summed E-state index contributed by atoms with van der Waals surface area (Å²) in [6.45, 7) is 2.71. The highest BCUT2D eigenvalue weighted by Gasteiger charge is 2.41. The molecule has 7 heteroatoms. The predicted octanol–water partition coefficient (Wildman–Crippen LogP) is 6.95. The number of unbranched alkanes of at least 4 members (excludes halogenated alkanes) is 6. The highest BCUT2D eigenvalue weighted by molar-refractivity contribution is 7.99. The first-order valence-electron chi connectivity index (χ1n) is 12.6. The van der Waals surface area contributed by atoms with Crippen LogP contribution in [0, 0.1) is 0 Å². The highest BCUT2D eigenvalue weighted by Crippen LogP contribution is 2.52. The monoisotopic (exact) mass is 520 g/mol. The Balaban J connectivity index is 1.58. The molecular formula is C28H40O5S2. The zero-order valence-corrected chi connectivity index (χ0v) is 23.2. The quantitative estimate of drug-likeness (QED) is 0.198. The fraction of sp³-hybridized carbons (Fsp3) is 0.571. The maximum absolute atomic E-state index is 11.0. The highest BCUT2D eigenvalue weighted by atomic mass is 32.2. The van der Waals surface area contributed by atoms with Crippen molar-refractivity contribution in [2.45, 2.75) is 74.5 Å². The molecule has 3 rings (SSSR count). The summed E-state index contributed by atoms with van der Waals surface area (Å²) in [5.74, 6) is 3.31. The van der Waals surface area contributed by atoms with Crippen molar-refractivity contribution in [2.24, 2.45) is 0 Å². The van der Waals surface area contributed by atoms with Crippen LogP contribution in [0.1, 0.15) is 75.3 Å². The van der Waals surface area contributed by atoms with Gasteiger partial charge in [0.1, 0.15) is 11.5 Å². The van der Waals surface area contributed by atoms with E-state index in [0.29, 0.717) is 12.5 Å². The van der Waals surface area contributed by atoms with Crippen LogP contribution in [0.5, 0.6) is 11.5 Å². The van der Waals surface area contributed by atoms with Crippen molar-refractivity contribution in [3.8, 4) is 11.5 Å². The van der Waals surface area contributed by atoms with Crippen molar-refractivity contribution < 1.29 is 22.1 Å². The Kier molecular flexibility index (Phi) is 10.4. The van der Waals surface area contributed by atoms with Crippen molar-refractivity contribution in [3.63, 3.8) is 0 Å². The molecule has 0 aromatic heterocycles. The molecule has 1 heterocycles. The third-order valence-corrected chi connectivity index (χ3v) is 9.08. The molecule has 0 N–H and O–H groups in total. The maximum Gasteiger partial charge on any atom is 0.264 e. The van der Waals surface area contributed by atoms with Crippen molar-refractivity contribution in [2.75, 3.05) is 32.8 Å². The second kappa shape index (κ2) is 13.0. The molecule has 1 aliphatic heterocycles. The minimum atomic E-state index is -3.31. The lowest BCUT2D eigenvalue weighted by Crippen LogP contribution is -2.36. The van der Waals surface area contributed by atoms with Crippen LogP contribution in [0.15, 0.2) is 47.4 Å². The fourth-order valence-electron chi connectivity index (χ4n) is 5.00. The van der Waals surface area contributed by atoms with Gasteiger partial charge in [0.05, 0.1) is 27.1 Å². The molecule has 0 spiro atoms. The SMILES string of the molecule is COc1ccc(C2(C)CSc3cc(OC)ccc3C2CCCCCCCCCOS(C)(=O)=O)cc1. The fourth-order valence-corrected chi connectivity index (χ4v) is 6.82. The zero-order chi connectivity index (χ0) is 25.3. The van der Waals surface area contributed by atoms with Crippen molar-refractivity contribution in [1.29, 1.82) is 0 Å². The van der Waals surface area contributed by atoms with Gasteiger partial charge < -0.3 is 9.47 Å². The van der Waals surface area contributed by atoms with Gasteiger partial charge in [-0.15, -0.1) is 11.8 Å². The minimum absolute atomic E-state index is 0.0537. The molecule has 35 heavy (non-hydrogen) atoms. The molecule has 2 unspecified atom stereocenters. The number of rotatable bonds is 14. The summed E-state index contributed by atoms with van der Waals surface area (Å²) >= 11 is 1.93. The normalized spacial score (nSPS) is 19.8. The average molecular weight is 521 g/mol. The number of fused-ring (bicyclic) bond motifs is 1. The smallest absolute Gasteiger partial charge is 0.264 e. The van der Waals surface area contributed by atoms with E-state index in [4.69, 9.17) is 13.7 Å². The van der Waals surface area contributed by atoms with E-state index in [1.165, 1.54) is 41.7 Å². The van der Waals surface area contributed by atoms with Crippen LogP contribution in [0.3, 0.4) is 0 Å². The third-order valence-electron chi connectivity index (χ3n) is 7.08. The van der Waals surface area contributed by atoms with Crippen LogP contribution < -0.4 is 9.47 Å². The van der Waals surface area contributed by atoms with E-state index in [-0.39, 0.29) is 5.41 Å². The van der Waals surface area contributed by atoms with E-state index in [1.807, 2.05) is 11.8 Å².